The number of amides is 2. The van der Waals surface area contributed by atoms with Gasteiger partial charge in [0.1, 0.15) is 0 Å². The maximum Gasteiger partial charge on any atom is 0.322 e. The van der Waals surface area contributed by atoms with Crippen LogP contribution in [0.5, 0.6) is 0 Å². The van der Waals surface area contributed by atoms with Crippen molar-refractivity contribution in [2.45, 2.75) is 18.9 Å². The van der Waals surface area contributed by atoms with Crippen LogP contribution in [0.2, 0.25) is 0 Å². The number of pyridine rings is 1. The lowest BCUT2D eigenvalue weighted by atomic mass is 10.2. The Balaban J connectivity index is 1.85. The molecule has 1 aliphatic rings. The molecule has 0 bridgehead atoms. The molecule has 4 heteroatoms. The number of benzene rings is 1. The van der Waals surface area contributed by atoms with Gasteiger partial charge in [0.2, 0.25) is 0 Å². The zero-order valence-corrected chi connectivity index (χ0v) is 11.2. The van der Waals surface area contributed by atoms with Crippen LogP contribution in [-0.4, -0.2) is 28.5 Å². The van der Waals surface area contributed by atoms with Gasteiger partial charge in [-0.3, -0.25) is 4.98 Å². The van der Waals surface area contributed by atoms with Crippen molar-refractivity contribution < 1.29 is 4.79 Å². The molecule has 20 heavy (non-hydrogen) atoms. The highest BCUT2D eigenvalue weighted by Crippen LogP contribution is 2.28. The zero-order chi connectivity index (χ0) is 13.9. The van der Waals surface area contributed by atoms with Gasteiger partial charge in [-0.15, -0.1) is 6.58 Å². The summed E-state index contributed by atoms with van der Waals surface area (Å²) in [5, 5.41) is 3.99. The number of nitrogens with one attached hydrogen (secondary N) is 1. The van der Waals surface area contributed by atoms with Crippen molar-refractivity contribution >= 4 is 22.6 Å². The first-order chi connectivity index (χ1) is 9.79. The fourth-order valence-electron chi connectivity index (χ4n) is 2.32. The van der Waals surface area contributed by atoms with Crippen molar-refractivity contribution in [2.75, 3.05) is 11.9 Å². The second-order valence-corrected chi connectivity index (χ2v) is 4.98. The Morgan fingerprint density at radius 1 is 1.40 bits per heavy atom. The minimum atomic E-state index is -0.0782. The van der Waals surface area contributed by atoms with E-state index in [9.17, 15) is 4.79 Å². The molecule has 0 radical (unpaired) electrons. The summed E-state index contributed by atoms with van der Waals surface area (Å²) in [6, 6.07) is 9.95. The molecular weight excluding hydrogens is 250 g/mol. The highest BCUT2D eigenvalue weighted by molar-refractivity contribution is 5.99. The molecule has 1 N–H and O–H groups in total. The summed E-state index contributed by atoms with van der Waals surface area (Å²) in [4.78, 5) is 18.5. The SMILES string of the molecule is C=CCN(C(=O)Nc1cccc2cccnc12)C1CC1. The smallest absolute Gasteiger partial charge is 0.318 e. The predicted molar refractivity (Wildman–Crippen MR) is 80.7 cm³/mol. The zero-order valence-electron chi connectivity index (χ0n) is 11.2. The van der Waals surface area contributed by atoms with Crippen molar-refractivity contribution in [3.8, 4) is 0 Å². The van der Waals surface area contributed by atoms with E-state index in [1.54, 1.807) is 12.3 Å². The van der Waals surface area contributed by atoms with Gasteiger partial charge in [-0.25, -0.2) is 4.79 Å². The predicted octanol–water partition coefficient (Wildman–Crippen LogP) is 3.42. The Morgan fingerprint density at radius 3 is 2.95 bits per heavy atom. The van der Waals surface area contributed by atoms with Crippen LogP contribution >= 0.6 is 0 Å². The molecule has 102 valence electrons. The van der Waals surface area contributed by atoms with E-state index in [1.165, 1.54) is 0 Å². The van der Waals surface area contributed by atoms with E-state index in [0.29, 0.717) is 12.6 Å². The van der Waals surface area contributed by atoms with Gasteiger partial charge in [-0.2, -0.15) is 0 Å². The van der Waals surface area contributed by atoms with E-state index in [2.05, 4.69) is 16.9 Å². The normalized spacial score (nSPS) is 14.0. The topological polar surface area (TPSA) is 45.2 Å². The molecule has 1 heterocycles. The molecule has 2 aromatic rings. The fourth-order valence-corrected chi connectivity index (χ4v) is 2.32. The van der Waals surface area contributed by atoms with E-state index in [-0.39, 0.29) is 6.03 Å². The summed E-state index contributed by atoms with van der Waals surface area (Å²) < 4.78 is 0. The molecule has 3 rings (SSSR count). The van der Waals surface area contributed by atoms with Crippen molar-refractivity contribution in [3.63, 3.8) is 0 Å². The van der Waals surface area contributed by atoms with E-state index in [0.717, 1.165) is 29.4 Å². The van der Waals surface area contributed by atoms with Crippen LogP contribution in [0.3, 0.4) is 0 Å². The number of fused-ring (bicyclic) bond motifs is 1. The number of hydrogen-bond acceptors (Lipinski definition) is 2. The lowest BCUT2D eigenvalue weighted by Crippen LogP contribution is -2.36. The van der Waals surface area contributed by atoms with Crippen molar-refractivity contribution in [3.05, 3.63) is 49.2 Å². The Kier molecular flexibility index (Phi) is 3.37. The van der Waals surface area contributed by atoms with Crippen LogP contribution in [0.1, 0.15) is 12.8 Å². The average molecular weight is 267 g/mol. The third kappa shape index (κ3) is 2.50. The van der Waals surface area contributed by atoms with Crippen LogP contribution in [0.15, 0.2) is 49.2 Å². The molecule has 0 unspecified atom stereocenters. The first-order valence-electron chi connectivity index (χ1n) is 6.82. The largest absolute Gasteiger partial charge is 0.322 e. The lowest BCUT2D eigenvalue weighted by Gasteiger charge is -2.21. The fraction of sp³-hybridized carbons (Fsp3) is 0.250. The summed E-state index contributed by atoms with van der Waals surface area (Å²) in [5.41, 5.74) is 1.57. The van der Waals surface area contributed by atoms with Gasteiger partial charge in [0.05, 0.1) is 11.2 Å². The highest BCUT2D eigenvalue weighted by Gasteiger charge is 2.31. The van der Waals surface area contributed by atoms with Gasteiger partial charge in [0.25, 0.3) is 0 Å². The van der Waals surface area contributed by atoms with Crippen LogP contribution in [0.4, 0.5) is 10.5 Å². The molecule has 1 saturated carbocycles. The van der Waals surface area contributed by atoms with E-state index in [1.807, 2.05) is 35.2 Å². The summed E-state index contributed by atoms with van der Waals surface area (Å²) in [6.07, 6.45) is 5.66. The van der Waals surface area contributed by atoms with E-state index < -0.39 is 0 Å². The second kappa shape index (κ2) is 5.33. The Morgan fingerprint density at radius 2 is 2.20 bits per heavy atom. The third-order valence-corrected chi connectivity index (χ3v) is 3.45. The molecule has 1 aliphatic carbocycles. The molecular formula is C16H17N3O. The number of nitrogens with zero attached hydrogens (tertiary/aromatic N) is 2. The molecule has 4 nitrogen and oxygen atoms in total. The molecule has 1 aromatic carbocycles. The summed E-state index contributed by atoms with van der Waals surface area (Å²) in [7, 11) is 0. The molecule has 0 atom stereocenters. The van der Waals surface area contributed by atoms with Gasteiger partial charge in [-0.1, -0.05) is 24.3 Å². The number of carbonyl (C=O) groups excluding carboxylic acids is 1. The van der Waals surface area contributed by atoms with Crippen molar-refractivity contribution in [1.29, 1.82) is 0 Å². The first-order valence-corrected chi connectivity index (χ1v) is 6.82. The first kappa shape index (κ1) is 12.7. The highest BCUT2D eigenvalue weighted by atomic mass is 16.2. The molecule has 1 aromatic heterocycles. The number of aromatic nitrogens is 1. The number of anilines is 1. The standard InChI is InChI=1S/C16H17N3O/c1-2-11-19(13-8-9-13)16(20)18-14-7-3-5-12-6-4-10-17-15(12)14/h2-7,10,13H,1,8-9,11H2,(H,18,20). The van der Waals surface area contributed by atoms with Crippen LogP contribution in [0.25, 0.3) is 10.9 Å². The molecule has 0 aliphatic heterocycles. The lowest BCUT2D eigenvalue weighted by molar-refractivity contribution is 0.215. The number of para-hydroxylation sites is 1. The van der Waals surface area contributed by atoms with Crippen LogP contribution in [-0.2, 0) is 0 Å². The maximum absolute atomic E-state index is 12.4. The van der Waals surface area contributed by atoms with Gasteiger partial charge in [0.15, 0.2) is 0 Å². The Hall–Kier alpha value is -2.36. The van der Waals surface area contributed by atoms with Crippen LogP contribution < -0.4 is 5.32 Å². The van der Waals surface area contributed by atoms with Gasteiger partial charge in [-0.05, 0) is 25.0 Å². The summed E-state index contributed by atoms with van der Waals surface area (Å²) in [5.74, 6) is 0. The van der Waals surface area contributed by atoms with Gasteiger partial charge < -0.3 is 10.2 Å². The molecule has 1 fully saturated rings. The number of carbonyl (C=O) groups is 1. The van der Waals surface area contributed by atoms with Crippen molar-refractivity contribution in [1.82, 2.24) is 9.88 Å². The maximum atomic E-state index is 12.4. The average Bonchev–Trinajstić information content (AvgIpc) is 3.29. The van der Waals surface area contributed by atoms with E-state index >= 15 is 0 Å². The Bertz CT molecular complexity index is 644. The van der Waals surface area contributed by atoms with Gasteiger partial charge >= 0.3 is 6.03 Å². The minimum Gasteiger partial charge on any atom is -0.318 e. The monoisotopic (exact) mass is 267 g/mol. The van der Waals surface area contributed by atoms with Crippen LogP contribution in [0, 0.1) is 0 Å². The van der Waals surface area contributed by atoms with Crippen molar-refractivity contribution in [2.24, 2.45) is 0 Å². The second-order valence-electron chi connectivity index (χ2n) is 4.98. The van der Waals surface area contributed by atoms with E-state index in [4.69, 9.17) is 0 Å². The number of rotatable bonds is 4. The molecule has 0 spiro atoms. The number of hydrogen-bond donors (Lipinski definition) is 1. The quantitative estimate of drug-likeness (QED) is 0.863. The molecule has 2 amide bonds. The Labute approximate surface area is 118 Å². The third-order valence-electron chi connectivity index (χ3n) is 3.45. The summed E-state index contributed by atoms with van der Waals surface area (Å²) in [6.45, 7) is 4.29. The summed E-state index contributed by atoms with van der Waals surface area (Å²) >= 11 is 0. The minimum absolute atomic E-state index is 0.0782. The van der Waals surface area contributed by atoms with Gasteiger partial charge in [0, 0.05) is 24.2 Å². The molecule has 0 saturated heterocycles. The number of urea groups is 1.